The van der Waals surface area contributed by atoms with Crippen LogP contribution in [0.3, 0.4) is 0 Å². The molecule has 0 fully saturated rings. The Morgan fingerprint density at radius 2 is 2.00 bits per heavy atom. The third-order valence-corrected chi connectivity index (χ3v) is 2.47. The van der Waals surface area contributed by atoms with Crippen molar-refractivity contribution in [2.24, 2.45) is 0 Å². The predicted molar refractivity (Wildman–Crippen MR) is 45.4 cm³/mol. The molecular formula is C7H9NO3S. The van der Waals surface area contributed by atoms with Crippen molar-refractivity contribution in [1.82, 2.24) is 0 Å². The molecule has 12 heavy (non-hydrogen) atoms. The molecule has 1 aromatic rings. The fourth-order valence-electron chi connectivity index (χ4n) is 0.879. The van der Waals surface area contributed by atoms with Crippen LogP contribution in [0.5, 0.6) is 0 Å². The van der Waals surface area contributed by atoms with Gasteiger partial charge in [0.2, 0.25) is 0 Å². The highest BCUT2D eigenvalue weighted by Crippen LogP contribution is 2.20. The second kappa shape index (κ2) is 2.76. The second-order valence-corrected chi connectivity index (χ2v) is 3.85. The van der Waals surface area contributed by atoms with Crippen molar-refractivity contribution in [3.05, 3.63) is 23.8 Å². The Hall–Kier alpha value is -1.07. The highest BCUT2D eigenvalue weighted by atomic mass is 32.2. The highest BCUT2D eigenvalue weighted by molar-refractivity contribution is 7.86. The number of aryl methyl sites for hydroxylation is 1. The van der Waals surface area contributed by atoms with Crippen molar-refractivity contribution < 1.29 is 13.0 Å². The average Bonchev–Trinajstić information content (AvgIpc) is 1.92. The summed E-state index contributed by atoms with van der Waals surface area (Å²) in [6.07, 6.45) is 0. The van der Waals surface area contributed by atoms with Gasteiger partial charge in [0.05, 0.1) is 5.69 Å². The summed E-state index contributed by atoms with van der Waals surface area (Å²) in [4.78, 5) is -0.234. The van der Waals surface area contributed by atoms with E-state index in [-0.39, 0.29) is 10.6 Å². The minimum atomic E-state index is -4.18. The van der Waals surface area contributed by atoms with Crippen LogP contribution < -0.4 is 5.73 Å². The molecule has 0 atom stereocenters. The zero-order valence-corrected chi connectivity index (χ0v) is 7.30. The van der Waals surface area contributed by atoms with Crippen LogP contribution in [0.1, 0.15) is 5.56 Å². The SMILES string of the molecule is Cc1cccc(S(=O)(=O)O)c1N. The summed E-state index contributed by atoms with van der Waals surface area (Å²) in [5, 5.41) is 0. The first-order chi connectivity index (χ1) is 5.43. The Morgan fingerprint density at radius 1 is 1.42 bits per heavy atom. The van der Waals surface area contributed by atoms with Crippen LogP contribution in [-0.2, 0) is 10.1 Å². The lowest BCUT2D eigenvalue weighted by Crippen LogP contribution is -2.04. The summed E-state index contributed by atoms with van der Waals surface area (Å²) in [5.74, 6) is 0. The van der Waals surface area contributed by atoms with E-state index in [1.54, 1.807) is 13.0 Å². The van der Waals surface area contributed by atoms with Crippen LogP contribution in [-0.4, -0.2) is 13.0 Å². The van der Waals surface area contributed by atoms with Gasteiger partial charge in [0, 0.05) is 0 Å². The van der Waals surface area contributed by atoms with E-state index in [0.29, 0.717) is 5.56 Å². The quantitative estimate of drug-likeness (QED) is 0.504. The minimum Gasteiger partial charge on any atom is -0.397 e. The van der Waals surface area contributed by atoms with Crippen LogP contribution in [0.25, 0.3) is 0 Å². The predicted octanol–water partition coefficient (Wildman–Crippen LogP) is 0.824. The summed E-state index contributed by atoms with van der Waals surface area (Å²) in [6.45, 7) is 1.67. The number of anilines is 1. The van der Waals surface area contributed by atoms with Gasteiger partial charge in [0.15, 0.2) is 0 Å². The molecule has 0 saturated carbocycles. The van der Waals surface area contributed by atoms with Crippen molar-refractivity contribution in [3.8, 4) is 0 Å². The van der Waals surface area contributed by atoms with Gasteiger partial charge in [-0.2, -0.15) is 8.42 Å². The second-order valence-electron chi connectivity index (χ2n) is 2.46. The number of hydrogen-bond donors (Lipinski definition) is 2. The number of rotatable bonds is 1. The minimum absolute atomic E-state index is 0.0972. The molecule has 5 heteroatoms. The first kappa shape index (κ1) is 9.02. The molecule has 0 heterocycles. The van der Waals surface area contributed by atoms with E-state index >= 15 is 0 Å². The van der Waals surface area contributed by atoms with Crippen LogP contribution in [0.15, 0.2) is 23.1 Å². The summed E-state index contributed by atoms with van der Waals surface area (Å²) < 4.78 is 30.0. The molecule has 0 aliphatic carbocycles. The summed E-state index contributed by atoms with van der Waals surface area (Å²) >= 11 is 0. The van der Waals surface area contributed by atoms with Crippen molar-refractivity contribution in [2.45, 2.75) is 11.8 Å². The van der Waals surface area contributed by atoms with Crippen LogP contribution in [0.4, 0.5) is 5.69 Å². The van der Waals surface area contributed by atoms with E-state index in [1.807, 2.05) is 0 Å². The maximum atomic E-state index is 10.7. The van der Waals surface area contributed by atoms with Gasteiger partial charge in [0.1, 0.15) is 4.90 Å². The van der Waals surface area contributed by atoms with E-state index < -0.39 is 10.1 Å². The molecule has 0 saturated heterocycles. The third kappa shape index (κ3) is 1.57. The molecule has 0 aromatic heterocycles. The van der Waals surface area contributed by atoms with Gasteiger partial charge < -0.3 is 5.73 Å². The number of benzene rings is 1. The molecule has 0 radical (unpaired) electrons. The van der Waals surface area contributed by atoms with Crippen LogP contribution in [0, 0.1) is 6.92 Å². The maximum absolute atomic E-state index is 10.7. The van der Waals surface area contributed by atoms with Crippen molar-refractivity contribution in [1.29, 1.82) is 0 Å². The van der Waals surface area contributed by atoms with E-state index in [1.165, 1.54) is 12.1 Å². The molecule has 0 bridgehead atoms. The first-order valence-electron chi connectivity index (χ1n) is 3.25. The molecule has 0 aliphatic heterocycles. The van der Waals surface area contributed by atoms with Gasteiger partial charge in [-0.05, 0) is 18.6 Å². The molecule has 0 spiro atoms. The lowest BCUT2D eigenvalue weighted by molar-refractivity contribution is 0.483. The zero-order chi connectivity index (χ0) is 9.35. The Bertz CT molecular complexity index is 397. The zero-order valence-electron chi connectivity index (χ0n) is 6.48. The normalized spacial score (nSPS) is 11.5. The summed E-state index contributed by atoms with van der Waals surface area (Å²) in [6, 6.07) is 4.45. The fraction of sp³-hybridized carbons (Fsp3) is 0.143. The van der Waals surface area contributed by atoms with E-state index in [9.17, 15) is 8.42 Å². The number of hydrogen-bond acceptors (Lipinski definition) is 3. The molecule has 1 rings (SSSR count). The topological polar surface area (TPSA) is 80.4 Å². The van der Waals surface area contributed by atoms with Gasteiger partial charge in [-0.3, -0.25) is 4.55 Å². The van der Waals surface area contributed by atoms with Crippen molar-refractivity contribution >= 4 is 15.8 Å². The van der Waals surface area contributed by atoms with Gasteiger partial charge in [-0.25, -0.2) is 0 Å². The lowest BCUT2D eigenvalue weighted by Gasteiger charge is -2.03. The van der Waals surface area contributed by atoms with Gasteiger partial charge in [-0.15, -0.1) is 0 Å². The Kier molecular flexibility index (Phi) is 2.08. The first-order valence-corrected chi connectivity index (χ1v) is 4.69. The monoisotopic (exact) mass is 187 g/mol. The Balaban J connectivity index is 3.47. The standard InChI is InChI=1S/C7H9NO3S/c1-5-3-2-4-6(7(5)8)12(9,10)11/h2-4H,8H2,1H3,(H,9,10,11). The lowest BCUT2D eigenvalue weighted by atomic mass is 10.2. The fourth-order valence-corrected chi connectivity index (χ4v) is 1.57. The van der Waals surface area contributed by atoms with Crippen LogP contribution >= 0.6 is 0 Å². The van der Waals surface area contributed by atoms with E-state index in [4.69, 9.17) is 10.3 Å². The largest absolute Gasteiger partial charge is 0.397 e. The number of para-hydroxylation sites is 1. The average molecular weight is 187 g/mol. The molecule has 0 aliphatic rings. The van der Waals surface area contributed by atoms with Gasteiger partial charge in [0.25, 0.3) is 10.1 Å². The van der Waals surface area contributed by atoms with E-state index in [2.05, 4.69) is 0 Å². The maximum Gasteiger partial charge on any atom is 0.296 e. The molecule has 4 nitrogen and oxygen atoms in total. The summed E-state index contributed by atoms with van der Waals surface area (Å²) in [7, 11) is -4.18. The molecular weight excluding hydrogens is 178 g/mol. The van der Waals surface area contributed by atoms with E-state index in [0.717, 1.165) is 0 Å². The highest BCUT2D eigenvalue weighted by Gasteiger charge is 2.13. The molecule has 0 amide bonds. The van der Waals surface area contributed by atoms with Crippen LogP contribution in [0.2, 0.25) is 0 Å². The molecule has 0 unspecified atom stereocenters. The third-order valence-electron chi connectivity index (χ3n) is 1.56. The number of nitrogen functional groups attached to an aromatic ring is 1. The Morgan fingerprint density at radius 3 is 2.42 bits per heavy atom. The van der Waals surface area contributed by atoms with Gasteiger partial charge in [-0.1, -0.05) is 12.1 Å². The summed E-state index contributed by atoms with van der Waals surface area (Å²) in [5.41, 5.74) is 6.16. The molecule has 66 valence electrons. The van der Waals surface area contributed by atoms with Crippen molar-refractivity contribution in [3.63, 3.8) is 0 Å². The van der Waals surface area contributed by atoms with Crippen molar-refractivity contribution in [2.75, 3.05) is 5.73 Å². The van der Waals surface area contributed by atoms with Gasteiger partial charge >= 0.3 is 0 Å². The molecule has 3 N–H and O–H groups in total. The smallest absolute Gasteiger partial charge is 0.296 e. The molecule has 1 aromatic carbocycles. The Labute approximate surface area is 70.8 Å². The number of nitrogens with two attached hydrogens (primary N) is 1.